The maximum absolute atomic E-state index is 12.9. The van der Waals surface area contributed by atoms with Crippen LogP contribution in [0.3, 0.4) is 0 Å². The van der Waals surface area contributed by atoms with E-state index in [1.54, 1.807) is 10.6 Å². The zero-order valence-corrected chi connectivity index (χ0v) is 16.2. The molecule has 0 atom stereocenters. The lowest BCUT2D eigenvalue weighted by atomic mass is 10.1. The zero-order chi connectivity index (χ0) is 19.6. The summed E-state index contributed by atoms with van der Waals surface area (Å²) in [7, 11) is 3.91. The summed E-state index contributed by atoms with van der Waals surface area (Å²) in [4.78, 5) is 18.7. The van der Waals surface area contributed by atoms with Gasteiger partial charge in [-0.05, 0) is 45.0 Å². The van der Waals surface area contributed by atoms with Crippen LogP contribution in [0.4, 0.5) is 13.2 Å². The third-order valence-corrected chi connectivity index (χ3v) is 5.69. The first-order valence-electron chi connectivity index (χ1n) is 8.82. The van der Waals surface area contributed by atoms with E-state index in [-0.39, 0.29) is 5.69 Å². The Morgan fingerprint density at radius 2 is 2.04 bits per heavy atom. The normalized spacial score (nSPS) is 14.0. The minimum atomic E-state index is -4.35. The van der Waals surface area contributed by atoms with Crippen molar-refractivity contribution in [1.82, 2.24) is 14.5 Å². The first-order chi connectivity index (χ1) is 12.8. The number of fused-ring (bicyclic) bond motifs is 1. The van der Waals surface area contributed by atoms with Crippen molar-refractivity contribution < 1.29 is 13.2 Å². The van der Waals surface area contributed by atoms with Gasteiger partial charge in [0.05, 0.1) is 5.56 Å². The number of nitrogens with zero attached hydrogens (tertiary/aromatic N) is 3. The maximum Gasteiger partial charge on any atom is 0.416 e. The lowest BCUT2D eigenvalue weighted by Gasteiger charge is -2.16. The Morgan fingerprint density at radius 1 is 1.26 bits per heavy atom. The predicted octanol–water partition coefficient (Wildman–Crippen LogP) is 3.60. The molecule has 146 valence electrons. The molecule has 1 aliphatic carbocycles. The van der Waals surface area contributed by atoms with Gasteiger partial charge in [0.15, 0.2) is 0 Å². The van der Waals surface area contributed by atoms with Gasteiger partial charge >= 0.3 is 11.9 Å². The quantitative estimate of drug-likeness (QED) is 0.551. The fourth-order valence-electron chi connectivity index (χ4n) is 3.23. The van der Waals surface area contributed by atoms with E-state index in [0.29, 0.717) is 22.9 Å². The van der Waals surface area contributed by atoms with Crippen molar-refractivity contribution in [2.75, 3.05) is 20.6 Å². The molecule has 1 aromatic heterocycles. The second-order valence-corrected chi connectivity index (χ2v) is 7.88. The lowest BCUT2D eigenvalue weighted by Crippen LogP contribution is -2.31. The third kappa shape index (κ3) is 4.73. The van der Waals surface area contributed by atoms with Crippen LogP contribution in [-0.2, 0) is 31.3 Å². The van der Waals surface area contributed by atoms with E-state index in [0.717, 1.165) is 49.2 Å². The van der Waals surface area contributed by atoms with Gasteiger partial charge in [-0.1, -0.05) is 18.2 Å². The van der Waals surface area contributed by atoms with Crippen LogP contribution in [0.15, 0.2) is 34.1 Å². The molecule has 8 heteroatoms. The summed E-state index contributed by atoms with van der Waals surface area (Å²) in [5, 5.41) is 0.658. The van der Waals surface area contributed by atoms with Crippen molar-refractivity contribution >= 4 is 11.8 Å². The summed E-state index contributed by atoms with van der Waals surface area (Å²) < 4.78 is 40.4. The van der Waals surface area contributed by atoms with Crippen molar-refractivity contribution in [1.29, 1.82) is 0 Å². The monoisotopic (exact) mass is 397 g/mol. The van der Waals surface area contributed by atoms with Crippen LogP contribution in [0.5, 0.6) is 0 Å². The standard InChI is InChI=1S/C19H22F3N3OS/c1-24(2)9-10-25-16-8-4-7-15(16)17(23-18(25)26)27-12-13-5-3-6-14(11-13)19(20,21)22/h3,5-6,11H,4,7-10,12H2,1-2H3. The van der Waals surface area contributed by atoms with E-state index < -0.39 is 11.7 Å². The summed E-state index contributed by atoms with van der Waals surface area (Å²) >= 11 is 1.34. The number of likely N-dealkylation sites (N-methyl/N-ethyl adjacent to an activating group) is 1. The van der Waals surface area contributed by atoms with Gasteiger partial charge in [-0.15, -0.1) is 11.8 Å². The molecule has 3 rings (SSSR count). The summed E-state index contributed by atoms with van der Waals surface area (Å²) in [6.07, 6.45) is -1.68. The summed E-state index contributed by atoms with van der Waals surface area (Å²) in [6.45, 7) is 1.35. The van der Waals surface area contributed by atoms with Crippen LogP contribution >= 0.6 is 11.8 Å². The maximum atomic E-state index is 12.9. The molecule has 27 heavy (non-hydrogen) atoms. The molecule has 0 saturated carbocycles. The van der Waals surface area contributed by atoms with Gasteiger partial charge in [0.2, 0.25) is 0 Å². The molecule has 0 spiro atoms. The van der Waals surface area contributed by atoms with Crippen LogP contribution in [0.25, 0.3) is 0 Å². The molecule has 0 fully saturated rings. The minimum absolute atomic E-state index is 0.274. The minimum Gasteiger partial charge on any atom is -0.308 e. The molecular formula is C19H22F3N3OS. The highest BCUT2D eigenvalue weighted by molar-refractivity contribution is 7.98. The molecule has 1 aromatic carbocycles. The van der Waals surface area contributed by atoms with Crippen LogP contribution in [0.1, 0.15) is 28.8 Å². The fraction of sp³-hybridized carbons (Fsp3) is 0.474. The number of hydrogen-bond acceptors (Lipinski definition) is 4. The number of aromatic nitrogens is 2. The van der Waals surface area contributed by atoms with Crippen LogP contribution in [0, 0.1) is 0 Å². The van der Waals surface area contributed by atoms with Crippen molar-refractivity contribution in [2.24, 2.45) is 0 Å². The smallest absolute Gasteiger partial charge is 0.308 e. The van der Waals surface area contributed by atoms with E-state index in [9.17, 15) is 18.0 Å². The average molecular weight is 397 g/mol. The molecule has 1 heterocycles. The van der Waals surface area contributed by atoms with E-state index in [1.165, 1.54) is 17.8 Å². The molecular weight excluding hydrogens is 375 g/mol. The molecule has 4 nitrogen and oxygen atoms in total. The lowest BCUT2D eigenvalue weighted by molar-refractivity contribution is -0.137. The highest BCUT2D eigenvalue weighted by Crippen LogP contribution is 2.33. The van der Waals surface area contributed by atoms with Gasteiger partial charge in [-0.3, -0.25) is 4.57 Å². The number of rotatable bonds is 6. The number of thioether (sulfide) groups is 1. The van der Waals surface area contributed by atoms with Crippen LogP contribution in [0.2, 0.25) is 0 Å². The second kappa shape index (κ2) is 8.06. The Balaban J connectivity index is 1.81. The highest BCUT2D eigenvalue weighted by atomic mass is 32.2. The van der Waals surface area contributed by atoms with E-state index in [2.05, 4.69) is 4.98 Å². The summed E-state index contributed by atoms with van der Waals surface area (Å²) in [5.41, 5.74) is 1.75. The third-order valence-electron chi connectivity index (χ3n) is 4.60. The Hall–Kier alpha value is -1.80. The molecule has 1 aliphatic rings. The molecule has 0 N–H and O–H groups in total. The molecule has 0 unspecified atom stereocenters. The van der Waals surface area contributed by atoms with Crippen molar-refractivity contribution in [3.63, 3.8) is 0 Å². The number of alkyl halides is 3. The Kier molecular flexibility index (Phi) is 5.95. The first kappa shape index (κ1) is 19.9. The van der Waals surface area contributed by atoms with Crippen molar-refractivity contribution in [3.8, 4) is 0 Å². The first-order valence-corrected chi connectivity index (χ1v) is 9.80. The van der Waals surface area contributed by atoms with Gasteiger partial charge in [-0.2, -0.15) is 18.2 Å². The summed E-state index contributed by atoms with van der Waals surface area (Å²) in [5.74, 6) is 0.352. The molecule has 0 bridgehead atoms. The van der Waals surface area contributed by atoms with Crippen molar-refractivity contribution in [3.05, 3.63) is 57.1 Å². The number of halogens is 3. The fourth-order valence-corrected chi connectivity index (χ4v) is 4.24. The highest BCUT2D eigenvalue weighted by Gasteiger charge is 2.30. The van der Waals surface area contributed by atoms with Gasteiger partial charge in [-0.25, -0.2) is 4.79 Å². The second-order valence-electron chi connectivity index (χ2n) is 6.92. The van der Waals surface area contributed by atoms with Gasteiger partial charge in [0.1, 0.15) is 5.03 Å². The molecule has 2 aromatic rings. The Bertz CT molecular complexity index is 877. The molecule has 0 amide bonds. The van der Waals surface area contributed by atoms with E-state index in [4.69, 9.17) is 0 Å². The predicted molar refractivity (Wildman–Crippen MR) is 100 cm³/mol. The average Bonchev–Trinajstić information content (AvgIpc) is 3.08. The largest absolute Gasteiger partial charge is 0.416 e. The van der Waals surface area contributed by atoms with Crippen molar-refractivity contribution in [2.45, 2.75) is 42.8 Å². The summed E-state index contributed by atoms with van der Waals surface area (Å²) in [6, 6.07) is 5.30. The number of benzene rings is 1. The SMILES string of the molecule is CN(C)CCn1c2c(c(SCc3cccc(C(F)(F)F)c3)nc1=O)CCC2. The van der Waals surface area contributed by atoms with Gasteiger partial charge < -0.3 is 4.90 Å². The number of hydrogen-bond donors (Lipinski definition) is 0. The topological polar surface area (TPSA) is 38.1 Å². The Morgan fingerprint density at radius 3 is 2.74 bits per heavy atom. The molecule has 0 saturated heterocycles. The molecule has 0 aliphatic heterocycles. The van der Waals surface area contributed by atoms with E-state index >= 15 is 0 Å². The molecule has 0 radical (unpaired) electrons. The Labute approximate surface area is 160 Å². The van der Waals surface area contributed by atoms with Gasteiger partial charge in [0, 0.05) is 30.1 Å². The van der Waals surface area contributed by atoms with Gasteiger partial charge in [0.25, 0.3) is 0 Å². The van der Waals surface area contributed by atoms with Crippen LogP contribution < -0.4 is 5.69 Å². The van der Waals surface area contributed by atoms with E-state index in [1.807, 2.05) is 19.0 Å². The zero-order valence-electron chi connectivity index (χ0n) is 15.3. The van der Waals surface area contributed by atoms with Crippen LogP contribution in [-0.4, -0.2) is 35.1 Å².